The number of hydrogen-bond acceptors (Lipinski definition) is 4. The van der Waals surface area contributed by atoms with Crippen LogP contribution in [0.5, 0.6) is 0 Å². The molecule has 6 nitrogen and oxygen atoms in total. The summed E-state index contributed by atoms with van der Waals surface area (Å²) in [5, 5.41) is 0. The lowest BCUT2D eigenvalue weighted by Crippen LogP contribution is -2.42. The van der Waals surface area contributed by atoms with Gasteiger partial charge in [-0.25, -0.2) is 20.4 Å². The van der Waals surface area contributed by atoms with Crippen LogP contribution >= 0.6 is 0 Å². The molecule has 0 unspecified atom stereocenters. The summed E-state index contributed by atoms with van der Waals surface area (Å²) in [5.74, 6) is -0.0225. The highest BCUT2D eigenvalue weighted by atomic mass is 16.6. The van der Waals surface area contributed by atoms with Crippen LogP contribution in [0.1, 0.15) is 24.0 Å². The van der Waals surface area contributed by atoms with Gasteiger partial charge in [0.2, 0.25) is 0 Å². The van der Waals surface area contributed by atoms with Crippen molar-refractivity contribution in [2.45, 2.75) is 12.8 Å². The van der Waals surface area contributed by atoms with Gasteiger partial charge in [-0.1, -0.05) is 48.5 Å². The third-order valence-corrected chi connectivity index (χ3v) is 3.89. The largest absolute Gasteiger partial charge is 0.449 e. The number of hydrogen-bond donors (Lipinski definition) is 2. The highest BCUT2D eigenvalue weighted by Gasteiger charge is 2.28. The number of hydrazine groups is 1. The van der Waals surface area contributed by atoms with E-state index >= 15 is 0 Å². The van der Waals surface area contributed by atoms with E-state index in [0.717, 1.165) is 22.3 Å². The van der Waals surface area contributed by atoms with Crippen molar-refractivity contribution in [2.24, 2.45) is 0 Å². The summed E-state index contributed by atoms with van der Waals surface area (Å²) in [6, 6.07) is 16.1. The second kappa shape index (κ2) is 7.04. The number of carbonyl (C=O) groups is 2. The van der Waals surface area contributed by atoms with Crippen LogP contribution < -0.4 is 10.9 Å². The first-order valence-corrected chi connectivity index (χ1v) is 7.74. The van der Waals surface area contributed by atoms with Crippen LogP contribution in [0.3, 0.4) is 0 Å². The molecule has 6 heteroatoms. The number of fused-ring (bicyclic) bond motifs is 3. The first-order chi connectivity index (χ1) is 11.7. The average molecular weight is 326 g/mol. The van der Waals surface area contributed by atoms with Crippen molar-refractivity contribution in [1.82, 2.24) is 10.9 Å². The maximum Gasteiger partial charge on any atom is 0.426 e. The van der Waals surface area contributed by atoms with Gasteiger partial charge in [-0.2, -0.15) is 0 Å². The number of benzene rings is 2. The molecule has 0 saturated carbocycles. The second-order valence-corrected chi connectivity index (χ2v) is 5.30. The smallest absolute Gasteiger partial charge is 0.426 e. The second-order valence-electron chi connectivity index (χ2n) is 5.30. The van der Waals surface area contributed by atoms with E-state index in [9.17, 15) is 9.59 Å². The van der Waals surface area contributed by atoms with Crippen molar-refractivity contribution in [2.75, 3.05) is 13.2 Å². The van der Waals surface area contributed by atoms with E-state index in [1.165, 1.54) is 0 Å². The van der Waals surface area contributed by atoms with Gasteiger partial charge in [-0.05, 0) is 29.2 Å². The van der Waals surface area contributed by atoms with E-state index < -0.39 is 12.2 Å². The van der Waals surface area contributed by atoms with Crippen molar-refractivity contribution in [3.63, 3.8) is 0 Å². The zero-order valence-corrected chi connectivity index (χ0v) is 13.2. The monoisotopic (exact) mass is 326 g/mol. The Morgan fingerprint density at radius 2 is 1.38 bits per heavy atom. The van der Waals surface area contributed by atoms with Gasteiger partial charge in [0, 0.05) is 5.92 Å². The van der Waals surface area contributed by atoms with Crippen LogP contribution in [-0.4, -0.2) is 25.4 Å². The molecule has 0 heterocycles. The first kappa shape index (κ1) is 15.9. The van der Waals surface area contributed by atoms with Gasteiger partial charge in [-0.3, -0.25) is 0 Å². The third-order valence-electron chi connectivity index (χ3n) is 3.89. The van der Waals surface area contributed by atoms with Gasteiger partial charge < -0.3 is 9.47 Å². The Balaban J connectivity index is 1.65. The van der Waals surface area contributed by atoms with Crippen LogP contribution in [0.15, 0.2) is 48.5 Å². The molecule has 2 aromatic rings. The normalized spacial score (nSPS) is 12.0. The summed E-state index contributed by atoms with van der Waals surface area (Å²) in [7, 11) is 0. The summed E-state index contributed by atoms with van der Waals surface area (Å²) in [6.45, 7) is 2.08. The van der Waals surface area contributed by atoms with Gasteiger partial charge in [0.15, 0.2) is 0 Å². The Morgan fingerprint density at radius 1 is 0.875 bits per heavy atom. The van der Waals surface area contributed by atoms with E-state index in [2.05, 4.69) is 27.7 Å². The van der Waals surface area contributed by atoms with Gasteiger partial charge >= 0.3 is 12.2 Å². The molecule has 124 valence electrons. The number of ether oxygens (including phenoxy) is 2. The summed E-state index contributed by atoms with van der Waals surface area (Å²) in [5.41, 5.74) is 8.84. The molecule has 2 amide bonds. The van der Waals surface area contributed by atoms with Crippen LogP contribution in [0, 0.1) is 0 Å². The fourth-order valence-corrected chi connectivity index (χ4v) is 2.90. The summed E-state index contributed by atoms with van der Waals surface area (Å²) in [6.07, 6.45) is -1.46. The first-order valence-electron chi connectivity index (χ1n) is 7.74. The Labute approximate surface area is 139 Å². The van der Waals surface area contributed by atoms with Crippen molar-refractivity contribution < 1.29 is 19.1 Å². The van der Waals surface area contributed by atoms with Crippen LogP contribution in [0.2, 0.25) is 0 Å². The maximum atomic E-state index is 11.7. The van der Waals surface area contributed by atoms with E-state index in [4.69, 9.17) is 4.74 Å². The standard InChI is InChI=1S/C18H18N2O4/c1-2-23-17(21)19-20-18(22)24-11-16-14-9-5-3-7-12(14)13-8-4-6-10-15(13)16/h3-10,16H,2,11H2,1H3,(H,19,21)(H,20,22). The predicted molar refractivity (Wildman–Crippen MR) is 88.4 cm³/mol. The fourth-order valence-electron chi connectivity index (χ4n) is 2.90. The minimum absolute atomic E-state index is 0.0225. The molecule has 1 aliphatic carbocycles. The van der Waals surface area contributed by atoms with E-state index in [0.29, 0.717) is 0 Å². The Morgan fingerprint density at radius 3 is 1.92 bits per heavy atom. The molecule has 0 aliphatic heterocycles. The number of amides is 2. The van der Waals surface area contributed by atoms with Crippen LogP contribution in [0.25, 0.3) is 11.1 Å². The third kappa shape index (κ3) is 3.17. The molecule has 24 heavy (non-hydrogen) atoms. The lowest BCUT2D eigenvalue weighted by Gasteiger charge is -2.14. The summed E-state index contributed by atoms with van der Waals surface area (Å²) in [4.78, 5) is 22.9. The molecular formula is C18H18N2O4. The van der Waals surface area contributed by atoms with E-state index in [1.807, 2.05) is 36.4 Å². The SMILES string of the molecule is CCOC(=O)NNC(=O)OCC1c2ccccc2-c2ccccc21. The van der Waals surface area contributed by atoms with Gasteiger partial charge in [0.25, 0.3) is 0 Å². The minimum Gasteiger partial charge on any atom is -0.449 e. The lowest BCUT2D eigenvalue weighted by molar-refractivity contribution is 0.125. The Bertz CT molecular complexity index is 715. The fraction of sp³-hybridized carbons (Fsp3) is 0.222. The maximum absolute atomic E-state index is 11.7. The van der Waals surface area contributed by atoms with E-state index in [-0.39, 0.29) is 19.1 Å². The predicted octanol–water partition coefficient (Wildman–Crippen LogP) is 3.19. The van der Waals surface area contributed by atoms with Crippen molar-refractivity contribution in [3.05, 3.63) is 59.7 Å². The number of carbonyl (C=O) groups excluding carboxylic acids is 2. The van der Waals surface area contributed by atoms with Gasteiger partial charge in [0.05, 0.1) is 6.61 Å². The zero-order valence-electron chi connectivity index (χ0n) is 13.2. The quantitative estimate of drug-likeness (QED) is 0.849. The van der Waals surface area contributed by atoms with Crippen LogP contribution in [-0.2, 0) is 9.47 Å². The summed E-state index contributed by atoms with van der Waals surface area (Å²) < 4.78 is 9.89. The van der Waals surface area contributed by atoms with Crippen molar-refractivity contribution in [3.8, 4) is 11.1 Å². The Kier molecular flexibility index (Phi) is 4.65. The molecule has 3 rings (SSSR count). The molecule has 2 N–H and O–H groups in total. The molecule has 0 bridgehead atoms. The molecular weight excluding hydrogens is 308 g/mol. The minimum atomic E-state index is -0.732. The molecule has 1 aliphatic rings. The topological polar surface area (TPSA) is 76.7 Å². The van der Waals surface area contributed by atoms with Crippen molar-refractivity contribution >= 4 is 12.2 Å². The van der Waals surface area contributed by atoms with Crippen molar-refractivity contribution in [1.29, 1.82) is 0 Å². The molecule has 0 aromatic heterocycles. The summed E-state index contributed by atoms with van der Waals surface area (Å²) >= 11 is 0. The van der Waals surface area contributed by atoms with Gasteiger partial charge in [-0.15, -0.1) is 0 Å². The lowest BCUT2D eigenvalue weighted by atomic mass is 9.98. The average Bonchev–Trinajstić information content (AvgIpc) is 2.92. The number of rotatable bonds is 3. The molecule has 0 spiro atoms. The van der Waals surface area contributed by atoms with Crippen LogP contribution in [0.4, 0.5) is 9.59 Å². The molecule has 0 atom stereocenters. The highest BCUT2D eigenvalue weighted by molar-refractivity contribution is 5.79. The molecule has 2 aromatic carbocycles. The zero-order chi connectivity index (χ0) is 16.9. The van der Waals surface area contributed by atoms with E-state index in [1.54, 1.807) is 6.92 Å². The molecule has 0 saturated heterocycles. The Hall–Kier alpha value is -3.02. The molecule has 0 radical (unpaired) electrons. The van der Waals surface area contributed by atoms with Gasteiger partial charge in [0.1, 0.15) is 6.61 Å². The highest BCUT2D eigenvalue weighted by Crippen LogP contribution is 2.44. The number of nitrogens with one attached hydrogen (secondary N) is 2. The molecule has 0 fully saturated rings.